The van der Waals surface area contributed by atoms with Gasteiger partial charge in [0.1, 0.15) is 12.6 Å². The van der Waals surface area contributed by atoms with Crippen molar-refractivity contribution in [1.29, 1.82) is 0 Å². The number of carbonyl (C=O) groups is 2. The molecular weight excluding hydrogens is 546 g/mol. The van der Waals surface area contributed by atoms with Crippen molar-refractivity contribution in [3.05, 3.63) is 101 Å². The second kappa shape index (κ2) is 14.0. The van der Waals surface area contributed by atoms with Crippen LogP contribution in [0.2, 0.25) is 0 Å². The molecule has 0 saturated heterocycles. The third-order valence-electron chi connectivity index (χ3n) is 8.18. The number of amides is 2. The van der Waals surface area contributed by atoms with Crippen LogP contribution >= 0.6 is 0 Å². The average molecular weight is 590 g/mol. The lowest BCUT2D eigenvalue weighted by Crippen LogP contribution is -2.55. The van der Waals surface area contributed by atoms with E-state index < -0.39 is 28.5 Å². The van der Waals surface area contributed by atoms with Gasteiger partial charge in [-0.1, -0.05) is 91.6 Å². The fourth-order valence-corrected chi connectivity index (χ4v) is 6.61. The Morgan fingerprint density at radius 1 is 0.881 bits per heavy atom. The average Bonchev–Trinajstić information content (AvgIpc) is 2.95. The highest BCUT2D eigenvalue weighted by Gasteiger charge is 2.34. The van der Waals surface area contributed by atoms with Gasteiger partial charge in [-0.25, -0.2) is 8.42 Å². The minimum absolute atomic E-state index is 0.0721. The standard InChI is InChI=1S/C34H43N3O4S/c1-25-13-11-17-29(21-25)23-36(33(38)24-37(42(4,40)41)31-20-12-14-26(2)27(31)3)32(22-28-15-7-5-8-16-28)34(39)35-30-18-9-6-10-19-30/h5,7-8,11-17,20-21,30,32H,6,9-10,18-19,22-24H2,1-4H3,(H,35,39). The molecule has 1 aliphatic carbocycles. The number of rotatable bonds is 11. The zero-order valence-corrected chi connectivity index (χ0v) is 26.0. The van der Waals surface area contributed by atoms with E-state index in [1.165, 1.54) is 4.31 Å². The molecule has 0 heterocycles. The Morgan fingerprint density at radius 3 is 2.21 bits per heavy atom. The SMILES string of the molecule is Cc1cccc(CN(C(=O)CN(c2cccc(C)c2C)S(C)(=O)=O)C(Cc2ccccc2)C(=O)NC2CCCCC2)c1. The molecule has 1 atom stereocenters. The first kappa shape index (κ1) is 31.3. The highest BCUT2D eigenvalue weighted by Crippen LogP contribution is 2.26. The van der Waals surface area contributed by atoms with E-state index in [0.29, 0.717) is 12.1 Å². The molecule has 1 unspecified atom stereocenters. The van der Waals surface area contributed by atoms with Gasteiger partial charge in [0.15, 0.2) is 0 Å². The first-order valence-electron chi connectivity index (χ1n) is 14.8. The largest absolute Gasteiger partial charge is 0.352 e. The van der Waals surface area contributed by atoms with Crippen molar-refractivity contribution in [2.75, 3.05) is 17.1 Å². The number of hydrogen-bond donors (Lipinski definition) is 1. The molecule has 1 saturated carbocycles. The van der Waals surface area contributed by atoms with E-state index in [1.807, 2.05) is 81.4 Å². The summed E-state index contributed by atoms with van der Waals surface area (Å²) < 4.78 is 27.3. The van der Waals surface area contributed by atoms with Crippen molar-refractivity contribution in [1.82, 2.24) is 10.2 Å². The molecule has 0 aromatic heterocycles. The normalized spacial score (nSPS) is 14.7. The smallest absolute Gasteiger partial charge is 0.244 e. The van der Waals surface area contributed by atoms with Crippen LogP contribution in [0.4, 0.5) is 5.69 Å². The highest BCUT2D eigenvalue weighted by atomic mass is 32.2. The maximum absolute atomic E-state index is 14.3. The molecule has 1 N–H and O–H groups in total. The number of hydrogen-bond acceptors (Lipinski definition) is 4. The second-order valence-corrected chi connectivity index (χ2v) is 13.5. The van der Waals surface area contributed by atoms with Crippen LogP contribution in [0.1, 0.15) is 59.9 Å². The summed E-state index contributed by atoms with van der Waals surface area (Å²) in [6.45, 7) is 5.53. The Morgan fingerprint density at radius 2 is 1.55 bits per heavy atom. The Balaban J connectivity index is 1.74. The lowest BCUT2D eigenvalue weighted by molar-refractivity contribution is -0.140. The monoisotopic (exact) mass is 589 g/mol. The van der Waals surface area contributed by atoms with Crippen LogP contribution in [0.25, 0.3) is 0 Å². The number of benzene rings is 3. The Kier molecular flexibility index (Phi) is 10.4. The Labute approximate surface area is 251 Å². The first-order chi connectivity index (χ1) is 20.0. The lowest BCUT2D eigenvalue weighted by Gasteiger charge is -2.35. The maximum atomic E-state index is 14.3. The van der Waals surface area contributed by atoms with E-state index in [-0.39, 0.29) is 18.5 Å². The van der Waals surface area contributed by atoms with Crippen molar-refractivity contribution < 1.29 is 18.0 Å². The van der Waals surface area contributed by atoms with E-state index in [4.69, 9.17) is 0 Å². The third-order valence-corrected chi connectivity index (χ3v) is 9.31. The number of nitrogens with one attached hydrogen (secondary N) is 1. The predicted octanol–water partition coefficient (Wildman–Crippen LogP) is 5.47. The molecule has 3 aromatic rings. The fraction of sp³-hybridized carbons (Fsp3) is 0.412. The van der Waals surface area contributed by atoms with Crippen molar-refractivity contribution in [2.24, 2.45) is 0 Å². The predicted molar refractivity (Wildman–Crippen MR) is 169 cm³/mol. The van der Waals surface area contributed by atoms with E-state index in [0.717, 1.165) is 66.2 Å². The number of aryl methyl sites for hydroxylation is 2. The van der Waals surface area contributed by atoms with Crippen molar-refractivity contribution in [3.63, 3.8) is 0 Å². The second-order valence-electron chi connectivity index (χ2n) is 11.5. The molecule has 0 spiro atoms. The van der Waals surface area contributed by atoms with Crippen molar-refractivity contribution >= 4 is 27.5 Å². The fourth-order valence-electron chi connectivity index (χ4n) is 5.71. The summed E-state index contributed by atoms with van der Waals surface area (Å²) in [6, 6.07) is 22.2. The van der Waals surface area contributed by atoms with Gasteiger partial charge < -0.3 is 10.2 Å². The summed E-state index contributed by atoms with van der Waals surface area (Å²) in [7, 11) is -3.81. The van der Waals surface area contributed by atoms with Gasteiger partial charge in [0, 0.05) is 19.0 Å². The van der Waals surface area contributed by atoms with Gasteiger partial charge in [0.25, 0.3) is 0 Å². The van der Waals surface area contributed by atoms with E-state index >= 15 is 0 Å². The molecule has 1 aliphatic rings. The lowest BCUT2D eigenvalue weighted by atomic mass is 9.94. The summed E-state index contributed by atoms with van der Waals surface area (Å²) in [4.78, 5) is 29.9. The summed E-state index contributed by atoms with van der Waals surface area (Å²) >= 11 is 0. The van der Waals surface area contributed by atoms with Gasteiger partial charge in [-0.05, 0) is 61.9 Å². The molecule has 2 amide bonds. The zero-order valence-electron chi connectivity index (χ0n) is 25.2. The number of nitrogens with zero attached hydrogens (tertiary/aromatic N) is 2. The molecule has 7 nitrogen and oxygen atoms in total. The molecule has 8 heteroatoms. The molecular formula is C34H43N3O4S. The molecule has 1 fully saturated rings. The first-order valence-corrected chi connectivity index (χ1v) is 16.6. The van der Waals surface area contributed by atoms with Gasteiger partial charge in [-0.2, -0.15) is 0 Å². The van der Waals surface area contributed by atoms with Crippen molar-refractivity contribution in [2.45, 2.75) is 77.9 Å². The summed E-state index contributed by atoms with van der Waals surface area (Å²) in [6.07, 6.45) is 6.58. The molecule has 3 aromatic carbocycles. The van der Waals surface area contributed by atoms with Crippen LogP contribution < -0.4 is 9.62 Å². The number of sulfonamides is 1. The number of anilines is 1. The van der Waals surface area contributed by atoms with Crippen LogP contribution in [-0.2, 0) is 32.6 Å². The quantitative estimate of drug-likeness (QED) is 0.322. The van der Waals surface area contributed by atoms with Gasteiger partial charge in [-0.15, -0.1) is 0 Å². The minimum atomic E-state index is -3.81. The van der Waals surface area contributed by atoms with Crippen molar-refractivity contribution in [3.8, 4) is 0 Å². The highest BCUT2D eigenvalue weighted by molar-refractivity contribution is 7.92. The Hall–Kier alpha value is -3.65. The van der Waals surface area contributed by atoms with Gasteiger partial charge >= 0.3 is 0 Å². The molecule has 4 rings (SSSR count). The molecule has 42 heavy (non-hydrogen) atoms. The van der Waals surface area contributed by atoms with Gasteiger partial charge in [0.2, 0.25) is 21.8 Å². The summed E-state index contributed by atoms with van der Waals surface area (Å²) in [5.74, 6) is -0.632. The number of carbonyl (C=O) groups excluding carboxylic acids is 2. The van der Waals surface area contributed by atoms with Crippen LogP contribution in [0, 0.1) is 20.8 Å². The minimum Gasteiger partial charge on any atom is -0.352 e. The van der Waals surface area contributed by atoms with Crippen LogP contribution in [0.3, 0.4) is 0 Å². The maximum Gasteiger partial charge on any atom is 0.244 e. The third kappa shape index (κ3) is 8.22. The topological polar surface area (TPSA) is 86.8 Å². The molecule has 0 radical (unpaired) electrons. The van der Waals surface area contributed by atoms with E-state index in [2.05, 4.69) is 5.32 Å². The summed E-state index contributed by atoms with van der Waals surface area (Å²) in [5, 5.41) is 3.24. The van der Waals surface area contributed by atoms with E-state index in [1.54, 1.807) is 17.0 Å². The van der Waals surface area contributed by atoms with Gasteiger partial charge in [0.05, 0.1) is 11.9 Å². The molecule has 0 aliphatic heterocycles. The van der Waals surface area contributed by atoms with Crippen LogP contribution in [0.5, 0.6) is 0 Å². The van der Waals surface area contributed by atoms with Crippen LogP contribution in [-0.4, -0.2) is 50.0 Å². The van der Waals surface area contributed by atoms with Crippen LogP contribution in [0.15, 0.2) is 72.8 Å². The van der Waals surface area contributed by atoms with E-state index in [9.17, 15) is 18.0 Å². The molecule has 0 bridgehead atoms. The van der Waals surface area contributed by atoms with Gasteiger partial charge in [-0.3, -0.25) is 13.9 Å². The Bertz CT molecular complexity index is 1480. The summed E-state index contributed by atoms with van der Waals surface area (Å²) in [5.41, 5.74) is 5.03. The molecule has 224 valence electrons. The zero-order chi connectivity index (χ0) is 30.3.